The highest BCUT2D eigenvalue weighted by atomic mass is 16.4. The van der Waals surface area contributed by atoms with E-state index in [1.807, 2.05) is 6.92 Å². The van der Waals surface area contributed by atoms with Crippen molar-refractivity contribution in [2.45, 2.75) is 46.3 Å². The number of nitrogens with one attached hydrogen (secondary N) is 2. The smallest absolute Gasteiger partial charge is 0.315 e. The van der Waals surface area contributed by atoms with Crippen LogP contribution in [0.4, 0.5) is 6.01 Å². The minimum Gasteiger partial charge on any atom is -0.407 e. The number of anilines is 1. The van der Waals surface area contributed by atoms with Crippen LogP contribution in [0.15, 0.2) is 16.8 Å². The van der Waals surface area contributed by atoms with Crippen LogP contribution in [0.3, 0.4) is 0 Å². The van der Waals surface area contributed by atoms with Crippen LogP contribution >= 0.6 is 0 Å². The fraction of sp³-hybridized carbons (Fsp3) is 0.538. The van der Waals surface area contributed by atoms with Crippen molar-refractivity contribution in [3.63, 3.8) is 0 Å². The van der Waals surface area contributed by atoms with Crippen LogP contribution in [-0.4, -0.2) is 25.7 Å². The molecule has 2 rings (SSSR count). The summed E-state index contributed by atoms with van der Waals surface area (Å²) in [6, 6.07) is 0.387. The minimum atomic E-state index is 0.0134. The molecule has 2 aromatic heterocycles. The van der Waals surface area contributed by atoms with E-state index in [-0.39, 0.29) is 5.54 Å². The predicted octanol–water partition coefficient (Wildman–Crippen LogP) is 1.67. The standard InChI is InChI=1S/C13H20N6O/c1-9-5-15-10(6-14-9)7-16-12-19-18-11(20-12)8-17-13(2,3)4/h5-6,17H,7-8H2,1-4H3,(H,16,19). The first-order chi connectivity index (χ1) is 9.42. The van der Waals surface area contributed by atoms with Gasteiger partial charge in [0.25, 0.3) is 0 Å². The Morgan fingerprint density at radius 3 is 2.55 bits per heavy atom. The van der Waals surface area contributed by atoms with E-state index >= 15 is 0 Å². The Bertz CT molecular complexity index is 543. The van der Waals surface area contributed by atoms with Crippen molar-refractivity contribution in [3.8, 4) is 0 Å². The van der Waals surface area contributed by atoms with Gasteiger partial charge < -0.3 is 15.1 Å². The molecule has 2 heterocycles. The third-order valence-electron chi connectivity index (χ3n) is 2.49. The molecule has 20 heavy (non-hydrogen) atoms. The summed E-state index contributed by atoms with van der Waals surface area (Å²) < 4.78 is 5.48. The Labute approximate surface area is 118 Å². The number of aromatic nitrogens is 4. The summed E-state index contributed by atoms with van der Waals surface area (Å²) in [5.74, 6) is 0.553. The second-order valence-corrected chi connectivity index (χ2v) is 5.61. The van der Waals surface area contributed by atoms with E-state index in [1.165, 1.54) is 0 Å². The van der Waals surface area contributed by atoms with Crippen LogP contribution in [-0.2, 0) is 13.1 Å². The average molecular weight is 276 g/mol. The molecular formula is C13H20N6O. The van der Waals surface area contributed by atoms with Crippen molar-refractivity contribution in [2.75, 3.05) is 5.32 Å². The molecule has 0 aliphatic rings. The molecule has 0 aliphatic heterocycles. The summed E-state index contributed by atoms with van der Waals surface area (Å²) in [5, 5.41) is 14.2. The number of nitrogens with zero attached hydrogens (tertiary/aromatic N) is 4. The summed E-state index contributed by atoms with van der Waals surface area (Å²) in [6.45, 7) is 9.19. The molecule has 0 aromatic carbocycles. The number of aryl methyl sites for hydroxylation is 1. The van der Waals surface area contributed by atoms with Gasteiger partial charge in [0.2, 0.25) is 5.89 Å². The maximum Gasteiger partial charge on any atom is 0.315 e. The van der Waals surface area contributed by atoms with Crippen LogP contribution in [0, 0.1) is 6.92 Å². The van der Waals surface area contributed by atoms with Gasteiger partial charge in [-0.2, -0.15) is 0 Å². The molecule has 0 unspecified atom stereocenters. The van der Waals surface area contributed by atoms with Gasteiger partial charge in [0.1, 0.15) is 0 Å². The Morgan fingerprint density at radius 1 is 1.10 bits per heavy atom. The second kappa shape index (κ2) is 5.96. The van der Waals surface area contributed by atoms with Crippen molar-refractivity contribution in [3.05, 3.63) is 29.7 Å². The molecule has 0 bridgehead atoms. The molecule has 0 fully saturated rings. The molecule has 0 atom stereocenters. The molecule has 0 amide bonds. The van der Waals surface area contributed by atoms with Gasteiger partial charge in [-0.05, 0) is 27.7 Å². The number of hydrogen-bond donors (Lipinski definition) is 2. The van der Waals surface area contributed by atoms with Crippen molar-refractivity contribution < 1.29 is 4.42 Å². The van der Waals surface area contributed by atoms with Gasteiger partial charge in [0, 0.05) is 11.7 Å². The lowest BCUT2D eigenvalue weighted by molar-refractivity contribution is 0.383. The maximum absolute atomic E-state index is 5.48. The lowest BCUT2D eigenvalue weighted by atomic mass is 10.1. The van der Waals surface area contributed by atoms with Gasteiger partial charge >= 0.3 is 6.01 Å². The summed E-state index contributed by atoms with van der Waals surface area (Å²) in [7, 11) is 0. The van der Waals surface area contributed by atoms with Gasteiger partial charge in [-0.25, -0.2) is 0 Å². The minimum absolute atomic E-state index is 0.0134. The fourth-order valence-electron chi connectivity index (χ4n) is 1.41. The quantitative estimate of drug-likeness (QED) is 0.858. The van der Waals surface area contributed by atoms with Crippen LogP contribution < -0.4 is 10.6 Å². The Hall–Kier alpha value is -2.02. The highest BCUT2D eigenvalue weighted by molar-refractivity contribution is 5.19. The monoisotopic (exact) mass is 276 g/mol. The molecule has 2 N–H and O–H groups in total. The highest BCUT2D eigenvalue weighted by Gasteiger charge is 2.12. The van der Waals surface area contributed by atoms with Gasteiger partial charge in [0.05, 0.1) is 30.7 Å². The predicted molar refractivity (Wildman–Crippen MR) is 75.0 cm³/mol. The second-order valence-electron chi connectivity index (χ2n) is 5.61. The van der Waals surface area contributed by atoms with Crippen molar-refractivity contribution in [2.24, 2.45) is 0 Å². The largest absolute Gasteiger partial charge is 0.407 e. The summed E-state index contributed by atoms with van der Waals surface area (Å²) >= 11 is 0. The third-order valence-corrected chi connectivity index (χ3v) is 2.49. The van der Waals surface area contributed by atoms with E-state index < -0.39 is 0 Å². The van der Waals surface area contributed by atoms with E-state index in [0.717, 1.165) is 11.4 Å². The fourth-order valence-corrected chi connectivity index (χ4v) is 1.41. The highest BCUT2D eigenvalue weighted by Crippen LogP contribution is 2.08. The molecule has 7 nitrogen and oxygen atoms in total. The molecule has 0 saturated carbocycles. The van der Waals surface area contributed by atoms with Gasteiger partial charge in [-0.1, -0.05) is 5.10 Å². The topological polar surface area (TPSA) is 88.8 Å². The molecule has 7 heteroatoms. The van der Waals surface area contributed by atoms with Crippen LogP contribution in [0.2, 0.25) is 0 Å². The molecular weight excluding hydrogens is 256 g/mol. The van der Waals surface area contributed by atoms with Crippen LogP contribution in [0.5, 0.6) is 0 Å². The summed E-state index contributed by atoms with van der Waals surface area (Å²) in [6.07, 6.45) is 3.45. The molecule has 2 aromatic rings. The third kappa shape index (κ3) is 4.58. The molecule has 0 spiro atoms. The van der Waals surface area contributed by atoms with E-state index in [2.05, 4.69) is 51.6 Å². The Kier molecular flexibility index (Phi) is 4.29. The average Bonchev–Trinajstić information content (AvgIpc) is 2.83. The summed E-state index contributed by atoms with van der Waals surface area (Å²) in [5.41, 5.74) is 1.73. The zero-order valence-corrected chi connectivity index (χ0v) is 12.3. The van der Waals surface area contributed by atoms with Crippen LogP contribution in [0.25, 0.3) is 0 Å². The van der Waals surface area contributed by atoms with Crippen molar-refractivity contribution in [1.29, 1.82) is 0 Å². The van der Waals surface area contributed by atoms with Gasteiger partial charge in [-0.3, -0.25) is 9.97 Å². The number of rotatable bonds is 5. The van der Waals surface area contributed by atoms with E-state index in [0.29, 0.717) is 25.0 Å². The molecule has 108 valence electrons. The zero-order chi connectivity index (χ0) is 14.6. The van der Waals surface area contributed by atoms with Gasteiger partial charge in [-0.15, -0.1) is 5.10 Å². The Balaban J connectivity index is 1.85. The van der Waals surface area contributed by atoms with Crippen LogP contribution in [0.1, 0.15) is 38.0 Å². The van der Waals surface area contributed by atoms with Gasteiger partial charge in [0.15, 0.2) is 0 Å². The normalized spacial score (nSPS) is 11.6. The molecule has 0 radical (unpaired) electrons. The number of hydrogen-bond acceptors (Lipinski definition) is 7. The first kappa shape index (κ1) is 14.4. The lowest BCUT2D eigenvalue weighted by Crippen LogP contribution is -2.35. The van der Waals surface area contributed by atoms with E-state index in [4.69, 9.17) is 4.42 Å². The SMILES string of the molecule is Cc1cnc(CNc2nnc(CNC(C)(C)C)o2)cn1. The summed E-state index contributed by atoms with van der Waals surface area (Å²) in [4.78, 5) is 8.42. The van der Waals surface area contributed by atoms with E-state index in [9.17, 15) is 0 Å². The first-order valence-corrected chi connectivity index (χ1v) is 6.51. The zero-order valence-electron chi connectivity index (χ0n) is 12.3. The first-order valence-electron chi connectivity index (χ1n) is 6.51. The van der Waals surface area contributed by atoms with Crippen molar-refractivity contribution in [1.82, 2.24) is 25.5 Å². The Morgan fingerprint density at radius 2 is 1.90 bits per heavy atom. The molecule has 0 aliphatic carbocycles. The van der Waals surface area contributed by atoms with Crippen molar-refractivity contribution >= 4 is 6.01 Å². The molecule has 0 saturated heterocycles. The lowest BCUT2D eigenvalue weighted by Gasteiger charge is -2.18. The maximum atomic E-state index is 5.48. The van der Waals surface area contributed by atoms with E-state index in [1.54, 1.807) is 12.4 Å².